The average Bonchev–Trinajstić information content (AvgIpc) is 2.92. The number of nitrogens with zero attached hydrogens (tertiary/aromatic N) is 3. The zero-order valence-corrected chi connectivity index (χ0v) is 20.6. The first-order valence-corrected chi connectivity index (χ1v) is 9.76. The first kappa shape index (κ1) is 25.1. The van der Waals surface area contributed by atoms with Gasteiger partial charge in [-0.05, 0) is 51.8 Å². The van der Waals surface area contributed by atoms with Crippen molar-refractivity contribution < 1.29 is 9.47 Å². The maximum Gasteiger partial charge on any atom is 0.191 e. The Bertz CT molecular complexity index is 791. The second kappa shape index (κ2) is 12.6. The molecule has 0 aliphatic rings. The lowest BCUT2D eigenvalue weighted by molar-refractivity contribution is 0.229. The maximum absolute atomic E-state index is 5.94. The summed E-state index contributed by atoms with van der Waals surface area (Å²) in [6.07, 6.45) is 0.858. The number of aryl methyl sites for hydroxylation is 2. The van der Waals surface area contributed by atoms with Gasteiger partial charge in [0.1, 0.15) is 17.6 Å². The molecule has 162 valence electrons. The maximum atomic E-state index is 5.94. The second-order valence-corrected chi connectivity index (χ2v) is 6.78. The SMILES string of the molecule is CCNC(=NCC(C)Oc1cccc(OC)c1)NCCc1c(C)nn(C)c1C.I. The van der Waals surface area contributed by atoms with E-state index in [0.29, 0.717) is 6.54 Å². The molecular weight excluding hydrogens is 481 g/mol. The van der Waals surface area contributed by atoms with Crippen LogP contribution in [0.4, 0.5) is 0 Å². The van der Waals surface area contributed by atoms with Gasteiger partial charge in [0.15, 0.2) is 5.96 Å². The fraction of sp³-hybridized carbons (Fsp3) is 0.524. The molecule has 0 amide bonds. The number of hydrogen-bond donors (Lipinski definition) is 2. The van der Waals surface area contributed by atoms with Crippen LogP contribution in [0.2, 0.25) is 0 Å². The van der Waals surface area contributed by atoms with Crippen LogP contribution in [0.15, 0.2) is 29.3 Å². The first-order valence-electron chi connectivity index (χ1n) is 9.76. The Hall–Kier alpha value is -1.97. The van der Waals surface area contributed by atoms with Gasteiger partial charge >= 0.3 is 0 Å². The Morgan fingerprint density at radius 3 is 2.59 bits per heavy atom. The van der Waals surface area contributed by atoms with Gasteiger partial charge in [0.05, 0.1) is 19.3 Å². The minimum atomic E-state index is -0.0506. The number of ether oxygens (including phenoxy) is 2. The first-order chi connectivity index (χ1) is 13.4. The van der Waals surface area contributed by atoms with Crippen LogP contribution in [0, 0.1) is 13.8 Å². The fourth-order valence-corrected chi connectivity index (χ4v) is 2.99. The van der Waals surface area contributed by atoms with Crippen LogP contribution in [0.1, 0.15) is 30.8 Å². The number of methoxy groups -OCH3 is 1. The van der Waals surface area contributed by atoms with Crippen molar-refractivity contribution in [1.29, 1.82) is 0 Å². The van der Waals surface area contributed by atoms with Gasteiger partial charge in [-0.3, -0.25) is 4.68 Å². The monoisotopic (exact) mass is 515 g/mol. The molecule has 0 saturated carbocycles. The standard InChI is InChI=1S/C21H33N5O2.HI/c1-7-22-21(23-12-11-20-16(3)25-26(5)17(20)4)24-14-15(2)28-19-10-8-9-18(13-19)27-6;/h8-10,13,15H,7,11-12,14H2,1-6H3,(H2,22,23,24);1H. The summed E-state index contributed by atoms with van der Waals surface area (Å²) < 4.78 is 13.1. The fourth-order valence-electron chi connectivity index (χ4n) is 2.99. The molecule has 0 spiro atoms. The zero-order chi connectivity index (χ0) is 20.5. The smallest absolute Gasteiger partial charge is 0.191 e. The van der Waals surface area contributed by atoms with E-state index in [2.05, 4.69) is 41.5 Å². The summed E-state index contributed by atoms with van der Waals surface area (Å²) in [4.78, 5) is 4.65. The lowest BCUT2D eigenvalue weighted by atomic mass is 10.1. The highest BCUT2D eigenvalue weighted by molar-refractivity contribution is 14.0. The minimum absolute atomic E-state index is 0. The van der Waals surface area contributed by atoms with E-state index in [-0.39, 0.29) is 30.1 Å². The number of rotatable bonds is 9. The summed E-state index contributed by atoms with van der Waals surface area (Å²) >= 11 is 0. The molecule has 7 nitrogen and oxygen atoms in total. The third-order valence-electron chi connectivity index (χ3n) is 4.56. The van der Waals surface area contributed by atoms with Crippen LogP contribution in [0.25, 0.3) is 0 Å². The van der Waals surface area contributed by atoms with E-state index in [0.717, 1.165) is 42.7 Å². The molecule has 0 radical (unpaired) electrons. The number of guanidine groups is 1. The third-order valence-corrected chi connectivity index (χ3v) is 4.56. The van der Waals surface area contributed by atoms with Crippen molar-refractivity contribution in [3.05, 3.63) is 41.2 Å². The van der Waals surface area contributed by atoms with E-state index >= 15 is 0 Å². The molecule has 0 bridgehead atoms. The quantitative estimate of drug-likeness (QED) is 0.305. The molecule has 1 heterocycles. The summed E-state index contributed by atoms with van der Waals surface area (Å²) in [5.41, 5.74) is 3.59. The van der Waals surface area contributed by atoms with Gasteiger partial charge in [0, 0.05) is 31.9 Å². The Kier molecular flexibility index (Phi) is 10.9. The number of benzene rings is 1. The molecule has 2 aromatic rings. The van der Waals surface area contributed by atoms with Gasteiger partial charge in [-0.2, -0.15) is 5.10 Å². The van der Waals surface area contributed by atoms with Crippen molar-refractivity contribution in [2.75, 3.05) is 26.7 Å². The number of aromatic nitrogens is 2. The molecule has 0 saturated heterocycles. The molecule has 1 unspecified atom stereocenters. The van der Waals surface area contributed by atoms with E-state index in [4.69, 9.17) is 9.47 Å². The van der Waals surface area contributed by atoms with Gasteiger partial charge in [-0.25, -0.2) is 4.99 Å². The summed E-state index contributed by atoms with van der Waals surface area (Å²) in [6, 6.07) is 7.61. The van der Waals surface area contributed by atoms with Crippen molar-refractivity contribution in [2.45, 2.75) is 40.2 Å². The normalized spacial score (nSPS) is 12.1. The number of hydrogen-bond acceptors (Lipinski definition) is 4. The summed E-state index contributed by atoms with van der Waals surface area (Å²) in [7, 11) is 3.63. The molecule has 29 heavy (non-hydrogen) atoms. The van der Waals surface area contributed by atoms with Crippen LogP contribution in [0.5, 0.6) is 11.5 Å². The highest BCUT2D eigenvalue weighted by atomic mass is 127. The zero-order valence-electron chi connectivity index (χ0n) is 18.3. The highest BCUT2D eigenvalue weighted by Gasteiger charge is 2.10. The van der Waals surface area contributed by atoms with Crippen molar-refractivity contribution in [1.82, 2.24) is 20.4 Å². The van der Waals surface area contributed by atoms with Crippen LogP contribution >= 0.6 is 24.0 Å². The van der Waals surface area contributed by atoms with E-state index < -0.39 is 0 Å². The van der Waals surface area contributed by atoms with Gasteiger partial charge in [-0.1, -0.05) is 6.07 Å². The van der Waals surface area contributed by atoms with Crippen LogP contribution in [-0.2, 0) is 13.5 Å². The number of halogens is 1. The number of aliphatic imine (C=N–C) groups is 1. The summed E-state index contributed by atoms with van der Waals surface area (Å²) in [5.74, 6) is 2.36. The van der Waals surface area contributed by atoms with Gasteiger partial charge < -0.3 is 20.1 Å². The molecule has 2 N–H and O–H groups in total. The van der Waals surface area contributed by atoms with Gasteiger partial charge in [-0.15, -0.1) is 24.0 Å². The Balaban J connectivity index is 0.00000420. The molecule has 2 rings (SSSR count). The van der Waals surface area contributed by atoms with Crippen molar-refractivity contribution in [3.8, 4) is 11.5 Å². The van der Waals surface area contributed by atoms with Crippen molar-refractivity contribution >= 4 is 29.9 Å². The Labute approximate surface area is 191 Å². The topological polar surface area (TPSA) is 72.7 Å². The van der Waals surface area contributed by atoms with Crippen LogP contribution < -0.4 is 20.1 Å². The number of nitrogens with one attached hydrogen (secondary N) is 2. The van der Waals surface area contributed by atoms with E-state index in [1.807, 2.05) is 42.9 Å². The predicted molar refractivity (Wildman–Crippen MR) is 129 cm³/mol. The van der Waals surface area contributed by atoms with Crippen LogP contribution in [0.3, 0.4) is 0 Å². The lowest BCUT2D eigenvalue weighted by Crippen LogP contribution is -2.39. The van der Waals surface area contributed by atoms with Gasteiger partial charge in [0.25, 0.3) is 0 Å². The summed E-state index contributed by atoms with van der Waals surface area (Å²) in [6.45, 7) is 10.4. The van der Waals surface area contributed by atoms with Gasteiger partial charge in [0.2, 0.25) is 0 Å². The van der Waals surface area contributed by atoms with E-state index in [9.17, 15) is 0 Å². The molecule has 8 heteroatoms. The van der Waals surface area contributed by atoms with E-state index in [1.165, 1.54) is 11.3 Å². The largest absolute Gasteiger partial charge is 0.497 e. The predicted octanol–water partition coefficient (Wildman–Crippen LogP) is 3.23. The van der Waals surface area contributed by atoms with Crippen LogP contribution in [-0.4, -0.2) is 48.6 Å². The highest BCUT2D eigenvalue weighted by Crippen LogP contribution is 2.20. The third kappa shape index (κ3) is 7.75. The van der Waals surface area contributed by atoms with Crippen molar-refractivity contribution in [2.24, 2.45) is 12.0 Å². The summed E-state index contributed by atoms with van der Waals surface area (Å²) in [5, 5.41) is 11.2. The molecule has 1 aromatic carbocycles. The van der Waals surface area contributed by atoms with Crippen molar-refractivity contribution in [3.63, 3.8) is 0 Å². The molecule has 1 aromatic heterocycles. The minimum Gasteiger partial charge on any atom is -0.497 e. The molecule has 1 atom stereocenters. The lowest BCUT2D eigenvalue weighted by Gasteiger charge is -2.15. The molecule has 0 aliphatic carbocycles. The Morgan fingerprint density at radius 2 is 1.97 bits per heavy atom. The van der Waals surface area contributed by atoms with E-state index in [1.54, 1.807) is 7.11 Å². The molecule has 0 aliphatic heterocycles. The average molecular weight is 515 g/mol. The molecular formula is C21H34IN5O2. The second-order valence-electron chi connectivity index (χ2n) is 6.78. The Morgan fingerprint density at radius 1 is 1.24 bits per heavy atom. The molecule has 0 fully saturated rings.